The number of nitro groups is 1. The minimum atomic E-state index is -0.425. The molecular formula is C26H18ClN3O4S. The Bertz CT molecular complexity index is 1510. The number of halogens is 1. The highest BCUT2D eigenvalue weighted by molar-refractivity contribution is 8.18. The predicted octanol–water partition coefficient (Wildman–Crippen LogP) is 6.49. The molecule has 9 heteroatoms. The molecule has 35 heavy (non-hydrogen) atoms. The molecule has 5 rings (SSSR count). The molecule has 2 heterocycles. The molecule has 0 radical (unpaired) electrons. The van der Waals surface area contributed by atoms with Crippen molar-refractivity contribution in [1.29, 1.82) is 0 Å². The van der Waals surface area contributed by atoms with Crippen LogP contribution in [0.4, 0.5) is 10.5 Å². The van der Waals surface area contributed by atoms with Gasteiger partial charge in [0.15, 0.2) is 0 Å². The van der Waals surface area contributed by atoms with E-state index in [1.54, 1.807) is 36.4 Å². The molecule has 0 unspecified atom stereocenters. The first-order valence-corrected chi connectivity index (χ1v) is 11.9. The molecule has 4 aromatic rings. The van der Waals surface area contributed by atoms with Gasteiger partial charge in [-0.3, -0.25) is 24.6 Å². The molecule has 0 N–H and O–H groups in total. The third-order valence-corrected chi connectivity index (χ3v) is 7.04. The first-order chi connectivity index (χ1) is 16.9. The highest BCUT2D eigenvalue weighted by atomic mass is 35.5. The van der Waals surface area contributed by atoms with Crippen LogP contribution in [-0.4, -0.2) is 25.5 Å². The topological polar surface area (TPSA) is 85.5 Å². The number of carbonyl (C=O) groups is 2. The molecule has 0 aliphatic carbocycles. The summed E-state index contributed by atoms with van der Waals surface area (Å²) >= 11 is 7.13. The SMILES string of the molecule is O=C1S/C(=C\c2cn(Cc3ccc([N+](=O)[O-])cc3)c3ccccc23)C(=O)N1Cc1ccccc1Cl. The minimum absolute atomic E-state index is 0.0410. The maximum absolute atomic E-state index is 13.1. The van der Waals surface area contributed by atoms with Gasteiger partial charge >= 0.3 is 0 Å². The number of para-hydroxylation sites is 1. The summed E-state index contributed by atoms with van der Waals surface area (Å²) < 4.78 is 2.02. The van der Waals surface area contributed by atoms with Crippen molar-refractivity contribution in [3.8, 4) is 0 Å². The maximum Gasteiger partial charge on any atom is 0.293 e. The average molecular weight is 504 g/mol. The summed E-state index contributed by atoms with van der Waals surface area (Å²) in [6.07, 6.45) is 3.67. The van der Waals surface area contributed by atoms with E-state index in [-0.39, 0.29) is 23.4 Å². The largest absolute Gasteiger partial charge is 0.342 e. The van der Waals surface area contributed by atoms with Gasteiger partial charge in [-0.2, -0.15) is 0 Å². The van der Waals surface area contributed by atoms with Crippen LogP contribution in [0.5, 0.6) is 0 Å². The Morgan fingerprint density at radius 3 is 2.40 bits per heavy atom. The second kappa shape index (κ2) is 9.40. The second-order valence-electron chi connectivity index (χ2n) is 8.01. The molecule has 2 amide bonds. The Kier molecular flexibility index (Phi) is 6.15. The number of nitro benzene ring substituents is 1. The fourth-order valence-corrected chi connectivity index (χ4v) is 5.04. The number of carbonyl (C=O) groups excluding carboxylic acids is 2. The molecule has 0 atom stereocenters. The third-order valence-electron chi connectivity index (χ3n) is 5.77. The van der Waals surface area contributed by atoms with Crippen LogP contribution in [0.3, 0.4) is 0 Å². The molecule has 1 aromatic heterocycles. The molecule has 1 aliphatic rings. The van der Waals surface area contributed by atoms with Gasteiger partial charge in [0.1, 0.15) is 0 Å². The van der Waals surface area contributed by atoms with E-state index in [2.05, 4.69) is 0 Å². The number of benzene rings is 3. The monoisotopic (exact) mass is 503 g/mol. The van der Waals surface area contributed by atoms with E-state index in [4.69, 9.17) is 11.6 Å². The number of hydrogen-bond acceptors (Lipinski definition) is 5. The van der Waals surface area contributed by atoms with Gasteiger partial charge in [-0.05, 0) is 41.1 Å². The molecule has 174 valence electrons. The van der Waals surface area contributed by atoms with Crippen molar-refractivity contribution < 1.29 is 14.5 Å². The summed E-state index contributed by atoms with van der Waals surface area (Å²) in [4.78, 5) is 37.7. The lowest BCUT2D eigenvalue weighted by atomic mass is 10.1. The lowest BCUT2D eigenvalue weighted by Crippen LogP contribution is -2.27. The van der Waals surface area contributed by atoms with Crippen molar-refractivity contribution in [3.05, 3.63) is 116 Å². The number of imide groups is 1. The summed E-state index contributed by atoms with van der Waals surface area (Å²) in [5.41, 5.74) is 3.41. The van der Waals surface area contributed by atoms with Crippen LogP contribution < -0.4 is 0 Å². The lowest BCUT2D eigenvalue weighted by Gasteiger charge is -2.13. The lowest BCUT2D eigenvalue weighted by molar-refractivity contribution is -0.384. The van der Waals surface area contributed by atoms with Crippen molar-refractivity contribution >= 4 is 57.2 Å². The molecular weight excluding hydrogens is 486 g/mol. The molecule has 1 fully saturated rings. The van der Waals surface area contributed by atoms with Crippen LogP contribution in [0.1, 0.15) is 16.7 Å². The quantitative estimate of drug-likeness (QED) is 0.170. The first kappa shape index (κ1) is 22.9. The number of nitrogens with zero attached hydrogens (tertiary/aromatic N) is 3. The van der Waals surface area contributed by atoms with Crippen molar-refractivity contribution in [2.45, 2.75) is 13.1 Å². The fourth-order valence-electron chi connectivity index (χ4n) is 4.02. The predicted molar refractivity (Wildman–Crippen MR) is 137 cm³/mol. The van der Waals surface area contributed by atoms with Crippen molar-refractivity contribution in [2.24, 2.45) is 0 Å². The number of hydrogen-bond donors (Lipinski definition) is 0. The number of fused-ring (bicyclic) bond motifs is 1. The van der Waals surface area contributed by atoms with Gasteiger partial charge in [-0.15, -0.1) is 0 Å². The molecule has 7 nitrogen and oxygen atoms in total. The van der Waals surface area contributed by atoms with Gasteiger partial charge in [0.05, 0.1) is 16.4 Å². The minimum Gasteiger partial charge on any atom is -0.342 e. The summed E-state index contributed by atoms with van der Waals surface area (Å²) in [5, 5.41) is 12.0. The normalized spacial score (nSPS) is 14.9. The molecule has 0 saturated carbocycles. The number of thioether (sulfide) groups is 1. The molecule has 0 bridgehead atoms. The summed E-state index contributed by atoms with van der Waals surface area (Å²) in [5.74, 6) is -0.355. The Hall–Kier alpha value is -3.88. The zero-order chi connectivity index (χ0) is 24.5. The van der Waals surface area contributed by atoms with E-state index in [1.807, 2.05) is 41.1 Å². The van der Waals surface area contributed by atoms with Gasteiger partial charge in [-0.25, -0.2) is 0 Å². The smallest absolute Gasteiger partial charge is 0.293 e. The van der Waals surface area contributed by atoms with Crippen LogP contribution in [-0.2, 0) is 17.9 Å². The molecule has 3 aromatic carbocycles. The molecule has 1 aliphatic heterocycles. The average Bonchev–Trinajstić information content (AvgIpc) is 3.32. The van der Waals surface area contributed by atoms with Crippen molar-refractivity contribution in [3.63, 3.8) is 0 Å². The summed E-state index contributed by atoms with van der Waals surface area (Å²) in [6.45, 7) is 0.615. The Morgan fingerprint density at radius 2 is 1.66 bits per heavy atom. The summed E-state index contributed by atoms with van der Waals surface area (Å²) in [6, 6.07) is 21.3. The van der Waals surface area contributed by atoms with Crippen LogP contribution in [0.25, 0.3) is 17.0 Å². The Balaban J connectivity index is 1.44. The molecule has 0 spiro atoms. The van der Waals surface area contributed by atoms with Gasteiger partial charge in [0.2, 0.25) is 0 Å². The van der Waals surface area contributed by atoms with Crippen LogP contribution in [0, 0.1) is 10.1 Å². The molecule has 1 saturated heterocycles. The van der Waals surface area contributed by atoms with Crippen molar-refractivity contribution in [2.75, 3.05) is 0 Å². The standard InChI is InChI=1S/C26H18ClN3O4S/c27-22-7-3-1-5-18(22)16-29-25(31)24(35-26(29)32)13-19-15-28(23-8-4-2-6-21(19)23)14-17-9-11-20(12-10-17)30(33)34/h1-13,15H,14,16H2/b24-13-. The van der Waals surface area contributed by atoms with Gasteiger partial charge in [0.25, 0.3) is 16.8 Å². The second-order valence-corrected chi connectivity index (χ2v) is 9.41. The highest BCUT2D eigenvalue weighted by Crippen LogP contribution is 2.35. The van der Waals surface area contributed by atoms with E-state index < -0.39 is 4.92 Å². The third kappa shape index (κ3) is 4.58. The number of aromatic nitrogens is 1. The highest BCUT2D eigenvalue weighted by Gasteiger charge is 2.35. The van der Waals surface area contributed by atoms with E-state index in [9.17, 15) is 19.7 Å². The van der Waals surface area contributed by atoms with Crippen LogP contribution in [0.15, 0.2) is 83.9 Å². The summed E-state index contributed by atoms with van der Waals surface area (Å²) in [7, 11) is 0. The number of non-ortho nitro benzene ring substituents is 1. The van der Waals surface area contributed by atoms with Gasteiger partial charge in [0, 0.05) is 46.4 Å². The van der Waals surface area contributed by atoms with Gasteiger partial charge < -0.3 is 4.57 Å². The number of amides is 2. The van der Waals surface area contributed by atoms with Crippen LogP contribution in [0.2, 0.25) is 5.02 Å². The maximum atomic E-state index is 13.1. The van der Waals surface area contributed by atoms with E-state index >= 15 is 0 Å². The van der Waals surface area contributed by atoms with E-state index in [0.29, 0.717) is 22.0 Å². The Labute approximate surface area is 209 Å². The van der Waals surface area contributed by atoms with E-state index in [1.165, 1.54) is 17.0 Å². The first-order valence-electron chi connectivity index (χ1n) is 10.7. The van der Waals surface area contributed by atoms with Crippen molar-refractivity contribution in [1.82, 2.24) is 9.47 Å². The number of rotatable bonds is 6. The zero-order valence-corrected chi connectivity index (χ0v) is 19.8. The van der Waals surface area contributed by atoms with E-state index in [0.717, 1.165) is 33.8 Å². The van der Waals surface area contributed by atoms with Gasteiger partial charge in [-0.1, -0.05) is 60.1 Å². The Morgan fingerprint density at radius 1 is 0.943 bits per heavy atom. The fraction of sp³-hybridized carbons (Fsp3) is 0.0769. The van der Waals surface area contributed by atoms with Crippen LogP contribution >= 0.6 is 23.4 Å². The zero-order valence-electron chi connectivity index (χ0n) is 18.3.